The molecule has 8 heteroatoms. The number of nitrogens with zero attached hydrogens (tertiary/aromatic N) is 6. The normalized spacial score (nSPS) is 17.4. The summed E-state index contributed by atoms with van der Waals surface area (Å²) in [7, 11) is 0. The molecule has 7 nitrogen and oxygen atoms in total. The highest BCUT2D eigenvalue weighted by atomic mass is 19.1. The van der Waals surface area contributed by atoms with Crippen LogP contribution in [0.25, 0.3) is 0 Å². The van der Waals surface area contributed by atoms with Crippen molar-refractivity contribution in [2.45, 2.75) is 25.7 Å². The lowest BCUT2D eigenvalue weighted by Crippen LogP contribution is -2.25. The maximum absolute atomic E-state index is 13.0. The molecule has 3 heterocycles. The molecule has 0 saturated carbocycles. The van der Waals surface area contributed by atoms with Crippen molar-refractivity contribution in [3.8, 4) is 0 Å². The minimum absolute atomic E-state index is 0.266. The van der Waals surface area contributed by atoms with Crippen molar-refractivity contribution in [2.24, 2.45) is 5.10 Å². The molecule has 2 aromatic rings. The van der Waals surface area contributed by atoms with Gasteiger partial charge in [0, 0.05) is 26.2 Å². The fourth-order valence-electron chi connectivity index (χ4n) is 3.23. The van der Waals surface area contributed by atoms with Gasteiger partial charge in [-0.25, -0.2) is 9.82 Å². The van der Waals surface area contributed by atoms with Gasteiger partial charge in [0.25, 0.3) is 0 Å². The third-order valence-electron chi connectivity index (χ3n) is 4.64. The first-order chi connectivity index (χ1) is 12.8. The zero-order valence-electron chi connectivity index (χ0n) is 14.6. The first kappa shape index (κ1) is 16.7. The van der Waals surface area contributed by atoms with Gasteiger partial charge < -0.3 is 9.80 Å². The van der Waals surface area contributed by atoms with Crippen LogP contribution in [0.5, 0.6) is 0 Å². The highest BCUT2D eigenvalue weighted by Gasteiger charge is 2.21. The van der Waals surface area contributed by atoms with E-state index in [0.717, 1.165) is 57.4 Å². The van der Waals surface area contributed by atoms with E-state index < -0.39 is 0 Å². The highest BCUT2D eigenvalue weighted by Crippen LogP contribution is 2.22. The summed E-state index contributed by atoms with van der Waals surface area (Å²) in [4.78, 5) is 18.1. The third kappa shape index (κ3) is 3.89. The molecule has 0 atom stereocenters. The average molecular weight is 355 g/mol. The van der Waals surface area contributed by atoms with Crippen molar-refractivity contribution in [1.82, 2.24) is 15.0 Å². The number of hydrogen-bond acceptors (Lipinski definition) is 7. The number of benzene rings is 1. The Morgan fingerprint density at radius 3 is 1.92 bits per heavy atom. The number of aromatic nitrogens is 3. The van der Waals surface area contributed by atoms with E-state index in [2.05, 4.69) is 35.3 Å². The molecular weight excluding hydrogens is 333 g/mol. The van der Waals surface area contributed by atoms with Crippen LogP contribution in [-0.2, 0) is 0 Å². The van der Waals surface area contributed by atoms with Crippen LogP contribution in [0.1, 0.15) is 31.2 Å². The Bertz CT molecular complexity index is 731. The maximum Gasteiger partial charge on any atom is 0.250 e. The summed E-state index contributed by atoms with van der Waals surface area (Å²) in [6, 6.07) is 6.14. The van der Waals surface area contributed by atoms with Crippen LogP contribution >= 0.6 is 0 Å². The molecule has 2 fully saturated rings. The minimum atomic E-state index is -0.266. The first-order valence-electron chi connectivity index (χ1n) is 9.08. The Morgan fingerprint density at radius 2 is 1.38 bits per heavy atom. The fraction of sp³-hybridized carbons (Fsp3) is 0.444. The molecule has 1 aromatic heterocycles. The monoisotopic (exact) mass is 355 g/mol. The molecule has 0 spiro atoms. The van der Waals surface area contributed by atoms with Gasteiger partial charge in [-0.1, -0.05) is 12.1 Å². The lowest BCUT2D eigenvalue weighted by atomic mass is 10.2. The summed E-state index contributed by atoms with van der Waals surface area (Å²) in [5.74, 6) is 1.58. The van der Waals surface area contributed by atoms with Gasteiger partial charge in [0.2, 0.25) is 17.8 Å². The van der Waals surface area contributed by atoms with E-state index in [9.17, 15) is 4.39 Å². The summed E-state index contributed by atoms with van der Waals surface area (Å²) in [5, 5.41) is 4.19. The number of nitrogens with one attached hydrogen (secondary N) is 1. The summed E-state index contributed by atoms with van der Waals surface area (Å²) in [6.07, 6.45) is 6.27. The van der Waals surface area contributed by atoms with E-state index in [0.29, 0.717) is 17.8 Å². The van der Waals surface area contributed by atoms with Gasteiger partial charge in [0.1, 0.15) is 5.82 Å². The molecule has 2 aliphatic heterocycles. The van der Waals surface area contributed by atoms with Crippen LogP contribution in [0.2, 0.25) is 0 Å². The van der Waals surface area contributed by atoms with Gasteiger partial charge in [0.05, 0.1) is 6.21 Å². The number of hydrazone groups is 1. The van der Waals surface area contributed by atoms with Crippen LogP contribution in [0.3, 0.4) is 0 Å². The molecule has 0 radical (unpaired) electrons. The van der Waals surface area contributed by atoms with E-state index in [1.54, 1.807) is 18.3 Å². The molecule has 0 bridgehead atoms. The van der Waals surface area contributed by atoms with Crippen molar-refractivity contribution >= 4 is 24.1 Å². The fourth-order valence-corrected chi connectivity index (χ4v) is 3.23. The summed E-state index contributed by atoms with van der Waals surface area (Å²) >= 11 is 0. The Kier molecular flexibility index (Phi) is 4.90. The Morgan fingerprint density at radius 1 is 0.846 bits per heavy atom. The van der Waals surface area contributed by atoms with Crippen LogP contribution in [0, 0.1) is 5.82 Å². The third-order valence-corrected chi connectivity index (χ3v) is 4.64. The lowest BCUT2D eigenvalue weighted by Gasteiger charge is -2.20. The molecular formula is C18H22FN7. The molecule has 4 rings (SSSR count). The van der Waals surface area contributed by atoms with E-state index in [1.807, 2.05) is 0 Å². The van der Waals surface area contributed by atoms with Crippen molar-refractivity contribution < 1.29 is 4.39 Å². The minimum Gasteiger partial charge on any atom is -0.341 e. The van der Waals surface area contributed by atoms with Crippen molar-refractivity contribution in [3.05, 3.63) is 35.6 Å². The highest BCUT2D eigenvalue weighted by molar-refractivity contribution is 5.79. The number of hydrogen-bond donors (Lipinski definition) is 1. The maximum atomic E-state index is 13.0. The van der Waals surface area contributed by atoms with Gasteiger partial charge in [-0.15, -0.1) is 0 Å². The van der Waals surface area contributed by atoms with E-state index in [1.165, 1.54) is 12.1 Å². The second kappa shape index (κ2) is 7.63. The summed E-state index contributed by atoms with van der Waals surface area (Å²) in [5.41, 5.74) is 3.69. The molecule has 1 aromatic carbocycles. The largest absolute Gasteiger partial charge is 0.341 e. The average Bonchev–Trinajstić information content (AvgIpc) is 3.37. The van der Waals surface area contributed by atoms with Gasteiger partial charge in [-0.05, 0) is 43.4 Å². The predicted octanol–water partition coefficient (Wildman–Crippen LogP) is 2.66. The molecule has 26 heavy (non-hydrogen) atoms. The second-order valence-electron chi connectivity index (χ2n) is 6.57. The molecule has 136 valence electrons. The molecule has 0 aliphatic carbocycles. The predicted molar refractivity (Wildman–Crippen MR) is 100 cm³/mol. The van der Waals surface area contributed by atoms with Crippen LogP contribution in [-0.4, -0.2) is 47.3 Å². The SMILES string of the molecule is Fc1ccc(/C=N/Nc2nc(N3CCCC3)nc(N3CCCC3)n2)cc1. The van der Waals surface area contributed by atoms with Crippen molar-refractivity contribution in [3.63, 3.8) is 0 Å². The first-order valence-corrected chi connectivity index (χ1v) is 9.08. The lowest BCUT2D eigenvalue weighted by molar-refractivity contribution is 0.628. The Labute approximate surface area is 152 Å². The topological polar surface area (TPSA) is 69.5 Å². The van der Waals surface area contributed by atoms with Crippen molar-refractivity contribution in [1.29, 1.82) is 0 Å². The zero-order valence-corrected chi connectivity index (χ0v) is 14.6. The molecule has 2 aliphatic rings. The van der Waals surface area contributed by atoms with Crippen LogP contribution in [0.15, 0.2) is 29.4 Å². The Balaban J connectivity index is 1.54. The summed E-state index contributed by atoms with van der Waals surface area (Å²) in [6.45, 7) is 3.90. The van der Waals surface area contributed by atoms with E-state index >= 15 is 0 Å². The zero-order chi connectivity index (χ0) is 17.8. The van der Waals surface area contributed by atoms with Crippen LogP contribution < -0.4 is 15.2 Å². The second-order valence-corrected chi connectivity index (χ2v) is 6.57. The molecule has 0 amide bonds. The quantitative estimate of drug-likeness (QED) is 0.657. The number of halogens is 1. The number of rotatable bonds is 5. The van der Waals surface area contributed by atoms with E-state index in [4.69, 9.17) is 0 Å². The van der Waals surface area contributed by atoms with Crippen LogP contribution in [0.4, 0.5) is 22.2 Å². The van der Waals surface area contributed by atoms with Gasteiger partial charge in [-0.2, -0.15) is 20.1 Å². The Hall–Kier alpha value is -2.77. The molecule has 1 N–H and O–H groups in total. The van der Waals surface area contributed by atoms with E-state index in [-0.39, 0.29) is 5.82 Å². The van der Waals surface area contributed by atoms with Gasteiger partial charge in [0.15, 0.2) is 0 Å². The van der Waals surface area contributed by atoms with Gasteiger partial charge >= 0.3 is 0 Å². The molecule has 2 saturated heterocycles. The summed E-state index contributed by atoms with van der Waals surface area (Å²) < 4.78 is 13.0. The van der Waals surface area contributed by atoms with Gasteiger partial charge in [-0.3, -0.25) is 0 Å². The molecule has 0 unspecified atom stereocenters. The smallest absolute Gasteiger partial charge is 0.250 e. The van der Waals surface area contributed by atoms with Crippen molar-refractivity contribution in [2.75, 3.05) is 41.4 Å². The number of anilines is 3. The standard InChI is InChI=1S/C18H22FN7/c19-15-7-5-14(6-8-15)13-20-24-16-21-17(25-9-1-2-10-25)23-18(22-16)26-11-3-4-12-26/h5-8,13H,1-4,9-12H2,(H,21,22,23,24)/b20-13+.